The molecular formula is C14H11Cl2FN2. The van der Waals surface area contributed by atoms with Gasteiger partial charge in [-0.15, -0.1) is 0 Å². The summed E-state index contributed by atoms with van der Waals surface area (Å²) in [4.78, 5) is 8.58. The van der Waals surface area contributed by atoms with Crippen molar-refractivity contribution in [2.24, 2.45) is 5.92 Å². The number of hydrogen-bond acceptors (Lipinski definition) is 2. The molecule has 98 valence electrons. The Morgan fingerprint density at radius 1 is 1.05 bits per heavy atom. The summed E-state index contributed by atoms with van der Waals surface area (Å²) >= 11 is 12.4. The molecule has 0 spiro atoms. The highest BCUT2D eigenvalue weighted by atomic mass is 35.5. The van der Waals surface area contributed by atoms with Gasteiger partial charge in [-0.25, -0.2) is 14.4 Å². The van der Waals surface area contributed by atoms with Crippen LogP contribution in [0.2, 0.25) is 10.3 Å². The normalized spacial score (nSPS) is 14.7. The zero-order chi connectivity index (χ0) is 13.4. The van der Waals surface area contributed by atoms with E-state index in [2.05, 4.69) is 9.97 Å². The van der Waals surface area contributed by atoms with E-state index >= 15 is 0 Å². The van der Waals surface area contributed by atoms with Gasteiger partial charge in [-0.1, -0.05) is 35.3 Å². The Kier molecular flexibility index (Phi) is 3.42. The summed E-state index contributed by atoms with van der Waals surface area (Å²) < 4.78 is 12.9. The predicted octanol–water partition coefficient (Wildman–Crippen LogP) is 4.54. The molecule has 2 aromatic rings. The Balaban J connectivity index is 1.98. The Labute approximate surface area is 120 Å². The minimum atomic E-state index is -0.303. The highest BCUT2D eigenvalue weighted by Crippen LogP contribution is 2.35. The van der Waals surface area contributed by atoms with E-state index in [-0.39, 0.29) is 5.82 Å². The molecular weight excluding hydrogens is 286 g/mol. The Morgan fingerprint density at radius 2 is 1.63 bits per heavy atom. The van der Waals surface area contributed by atoms with Crippen LogP contribution in [0.25, 0.3) is 11.1 Å². The van der Waals surface area contributed by atoms with Gasteiger partial charge in [0.1, 0.15) is 21.9 Å². The largest absolute Gasteiger partial charge is 0.220 e. The van der Waals surface area contributed by atoms with Crippen LogP contribution in [0.3, 0.4) is 0 Å². The van der Waals surface area contributed by atoms with Crippen molar-refractivity contribution in [3.05, 3.63) is 46.2 Å². The van der Waals surface area contributed by atoms with Crippen LogP contribution < -0.4 is 0 Å². The molecule has 1 fully saturated rings. The van der Waals surface area contributed by atoms with Crippen LogP contribution in [0.5, 0.6) is 0 Å². The standard InChI is InChI=1S/C14H11Cl2FN2/c15-13-12(9-3-5-10(17)6-4-9)14(16)19-11(18-13)7-8-1-2-8/h3-6,8H,1-2,7H2. The number of aromatic nitrogens is 2. The molecule has 19 heavy (non-hydrogen) atoms. The van der Waals surface area contributed by atoms with Crippen molar-refractivity contribution in [3.63, 3.8) is 0 Å². The van der Waals surface area contributed by atoms with E-state index in [0.717, 1.165) is 12.0 Å². The number of halogens is 3. The zero-order valence-corrected chi connectivity index (χ0v) is 11.5. The van der Waals surface area contributed by atoms with Crippen molar-refractivity contribution in [2.75, 3.05) is 0 Å². The molecule has 0 bridgehead atoms. The molecule has 2 nitrogen and oxygen atoms in total. The summed E-state index contributed by atoms with van der Waals surface area (Å²) in [7, 11) is 0. The third-order valence-corrected chi connectivity index (χ3v) is 3.72. The van der Waals surface area contributed by atoms with Crippen LogP contribution in [0.1, 0.15) is 18.7 Å². The second-order valence-corrected chi connectivity index (χ2v) is 5.47. The van der Waals surface area contributed by atoms with E-state index in [0.29, 0.717) is 27.6 Å². The minimum absolute atomic E-state index is 0.303. The average molecular weight is 297 g/mol. The Bertz CT molecular complexity index is 586. The van der Waals surface area contributed by atoms with Crippen LogP contribution in [-0.4, -0.2) is 9.97 Å². The van der Waals surface area contributed by atoms with E-state index in [4.69, 9.17) is 23.2 Å². The Morgan fingerprint density at radius 3 is 2.16 bits per heavy atom. The SMILES string of the molecule is Fc1ccc(-c2c(Cl)nc(CC3CC3)nc2Cl)cc1. The molecule has 0 saturated heterocycles. The summed E-state index contributed by atoms with van der Waals surface area (Å²) in [5.74, 6) is 1.05. The fraction of sp³-hybridized carbons (Fsp3) is 0.286. The third-order valence-electron chi connectivity index (χ3n) is 3.17. The smallest absolute Gasteiger partial charge is 0.142 e. The maximum absolute atomic E-state index is 12.9. The van der Waals surface area contributed by atoms with Gasteiger partial charge in [0.25, 0.3) is 0 Å². The molecule has 0 N–H and O–H groups in total. The van der Waals surface area contributed by atoms with Crippen molar-refractivity contribution in [1.29, 1.82) is 0 Å². The molecule has 1 aliphatic rings. The summed E-state index contributed by atoms with van der Waals surface area (Å²) in [6.45, 7) is 0. The molecule has 1 aromatic carbocycles. The van der Waals surface area contributed by atoms with Gasteiger partial charge in [-0.2, -0.15) is 0 Å². The topological polar surface area (TPSA) is 25.8 Å². The van der Waals surface area contributed by atoms with Crippen molar-refractivity contribution < 1.29 is 4.39 Å². The monoisotopic (exact) mass is 296 g/mol. The quantitative estimate of drug-likeness (QED) is 0.777. The van der Waals surface area contributed by atoms with Gasteiger partial charge in [0.2, 0.25) is 0 Å². The predicted molar refractivity (Wildman–Crippen MR) is 73.9 cm³/mol. The Hall–Kier alpha value is -1.19. The lowest BCUT2D eigenvalue weighted by Gasteiger charge is -2.08. The molecule has 0 unspecified atom stereocenters. The van der Waals surface area contributed by atoms with E-state index in [1.54, 1.807) is 12.1 Å². The van der Waals surface area contributed by atoms with Gasteiger partial charge in [0.05, 0.1) is 5.56 Å². The summed E-state index contributed by atoms with van der Waals surface area (Å²) in [5, 5.41) is 0.643. The molecule has 0 radical (unpaired) electrons. The van der Waals surface area contributed by atoms with Gasteiger partial charge in [0, 0.05) is 6.42 Å². The maximum Gasteiger partial charge on any atom is 0.142 e. The van der Waals surface area contributed by atoms with Crippen molar-refractivity contribution in [3.8, 4) is 11.1 Å². The van der Waals surface area contributed by atoms with Crippen LogP contribution >= 0.6 is 23.2 Å². The minimum Gasteiger partial charge on any atom is -0.220 e. The summed E-state index contributed by atoms with van der Waals surface area (Å²) in [6.07, 6.45) is 3.26. The fourth-order valence-electron chi connectivity index (χ4n) is 1.97. The first-order valence-corrected chi connectivity index (χ1v) is 6.87. The molecule has 5 heteroatoms. The lowest BCUT2D eigenvalue weighted by atomic mass is 10.1. The van der Waals surface area contributed by atoms with Crippen LogP contribution in [0, 0.1) is 11.7 Å². The van der Waals surface area contributed by atoms with Gasteiger partial charge < -0.3 is 0 Å². The van der Waals surface area contributed by atoms with Crippen LogP contribution in [-0.2, 0) is 6.42 Å². The second-order valence-electron chi connectivity index (χ2n) is 4.75. The molecule has 0 aliphatic heterocycles. The van der Waals surface area contributed by atoms with Gasteiger partial charge >= 0.3 is 0 Å². The van der Waals surface area contributed by atoms with Crippen molar-refractivity contribution >= 4 is 23.2 Å². The van der Waals surface area contributed by atoms with Gasteiger partial charge in [-0.3, -0.25) is 0 Å². The molecule has 1 heterocycles. The van der Waals surface area contributed by atoms with E-state index in [1.165, 1.54) is 25.0 Å². The van der Waals surface area contributed by atoms with Crippen molar-refractivity contribution in [2.45, 2.75) is 19.3 Å². The first kappa shape index (κ1) is 12.8. The van der Waals surface area contributed by atoms with Crippen molar-refractivity contribution in [1.82, 2.24) is 9.97 Å². The summed E-state index contributed by atoms with van der Waals surface area (Å²) in [5.41, 5.74) is 1.28. The van der Waals surface area contributed by atoms with Gasteiger partial charge in [0.15, 0.2) is 0 Å². The van der Waals surface area contributed by atoms with E-state index in [1.807, 2.05) is 0 Å². The molecule has 3 rings (SSSR count). The first-order chi connectivity index (χ1) is 9.13. The van der Waals surface area contributed by atoms with Crippen LogP contribution in [0.15, 0.2) is 24.3 Å². The van der Waals surface area contributed by atoms with E-state index in [9.17, 15) is 4.39 Å². The number of benzene rings is 1. The lowest BCUT2D eigenvalue weighted by Crippen LogP contribution is -1.99. The highest BCUT2D eigenvalue weighted by Gasteiger charge is 2.24. The average Bonchev–Trinajstić information content (AvgIpc) is 3.14. The zero-order valence-electron chi connectivity index (χ0n) is 10.0. The van der Waals surface area contributed by atoms with E-state index < -0.39 is 0 Å². The molecule has 1 saturated carbocycles. The third kappa shape index (κ3) is 2.88. The summed E-state index contributed by atoms with van der Waals surface area (Å²) in [6, 6.07) is 5.96. The van der Waals surface area contributed by atoms with Crippen LogP contribution in [0.4, 0.5) is 4.39 Å². The highest BCUT2D eigenvalue weighted by molar-refractivity contribution is 6.37. The number of hydrogen-bond donors (Lipinski definition) is 0. The first-order valence-electron chi connectivity index (χ1n) is 6.11. The molecule has 1 aromatic heterocycles. The molecule has 0 atom stereocenters. The second kappa shape index (κ2) is 5.06. The lowest BCUT2D eigenvalue weighted by molar-refractivity contribution is 0.628. The number of rotatable bonds is 3. The number of nitrogens with zero attached hydrogens (tertiary/aromatic N) is 2. The molecule has 0 amide bonds. The molecule has 1 aliphatic carbocycles. The van der Waals surface area contributed by atoms with Gasteiger partial charge in [-0.05, 0) is 36.5 Å². The fourth-order valence-corrected chi connectivity index (χ4v) is 2.62. The maximum atomic E-state index is 12.9.